The fourth-order valence-electron chi connectivity index (χ4n) is 3.30. The molecule has 0 aromatic heterocycles. The summed E-state index contributed by atoms with van der Waals surface area (Å²) < 4.78 is 13.0. The Morgan fingerprint density at radius 1 is 1.17 bits per heavy atom. The number of carbonyl (C=O) groups excluding carboxylic acids is 2. The maximum atomic E-state index is 13.0. The summed E-state index contributed by atoms with van der Waals surface area (Å²) in [6.45, 7) is 0.826. The summed E-state index contributed by atoms with van der Waals surface area (Å²) in [6, 6.07) is 5.13. The lowest BCUT2D eigenvalue weighted by Gasteiger charge is -2.15. The molecule has 3 rings (SSSR count). The molecule has 4 nitrogen and oxygen atoms in total. The number of hydrogen-bond acceptors (Lipinski definition) is 2. The molecule has 1 saturated heterocycles. The molecule has 2 N–H and O–H groups in total. The van der Waals surface area contributed by atoms with E-state index in [0.29, 0.717) is 5.69 Å². The molecule has 2 amide bonds. The number of hydrogen-bond donors (Lipinski definition) is 1. The van der Waals surface area contributed by atoms with E-state index in [1.54, 1.807) is 0 Å². The Kier molecular flexibility index (Phi) is 4.86. The van der Waals surface area contributed by atoms with Crippen molar-refractivity contribution in [3.63, 3.8) is 0 Å². The number of imide groups is 1. The second kappa shape index (κ2) is 7.04. The van der Waals surface area contributed by atoms with E-state index in [9.17, 15) is 14.0 Å². The first-order valence-electron chi connectivity index (χ1n) is 8.29. The zero-order valence-corrected chi connectivity index (χ0v) is 13.1. The Bertz CT molecular complexity index is 624. The molecular weight excluding hydrogens is 295 g/mol. The van der Waals surface area contributed by atoms with Crippen LogP contribution in [0.4, 0.5) is 10.1 Å². The molecule has 122 valence electrons. The molecule has 23 heavy (non-hydrogen) atoms. The zero-order chi connectivity index (χ0) is 16.2. The van der Waals surface area contributed by atoms with Crippen LogP contribution in [-0.4, -0.2) is 24.4 Å². The maximum Gasteiger partial charge on any atom is 0.292 e. The van der Waals surface area contributed by atoms with Crippen molar-refractivity contribution in [2.45, 2.75) is 44.6 Å². The second-order valence-electron chi connectivity index (χ2n) is 6.24. The van der Waals surface area contributed by atoms with Crippen LogP contribution >= 0.6 is 0 Å². The number of rotatable bonds is 5. The maximum absolute atomic E-state index is 13.0. The largest absolute Gasteiger partial charge is 0.335 e. The lowest BCUT2D eigenvalue weighted by atomic mass is 9.97. The summed E-state index contributed by atoms with van der Waals surface area (Å²) in [6.07, 6.45) is 8.36. The molecule has 0 bridgehead atoms. The van der Waals surface area contributed by atoms with Crippen molar-refractivity contribution in [2.75, 3.05) is 11.4 Å². The number of carbonyl (C=O) groups is 2. The van der Waals surface area contributed by atoms with E-state index < -0.39 is 0 Å². The van der Waals surface area contributed by atoms with Crippen LogP contribution in [0.2, 0.25) is 0 Å². The van der Waals surface area contributed by atoms with Crippen molar-refractivity contribution >= 4 is 17.5 Å². The molecule has 1 aliphatic carbocycles. The molecule has 1 heterocycles. The summed E-state index contributed by atoms with van der Waals surface area (Å²) in [5, 5.41) is 1.97. The van der Waals surface area contributed by atoms with E-state index in [-0.39, 0.29) is 30.1 Å². The van der Waals surface area contributed by atoms with Crippen molar-refractivity contribution in [3.05, 3.63) is 41.7 Å². The summed E-state index contributed by atoms with van der Waals surface area (Å²) in [5.74, 6) is -0.782. The highest BCUT2D eigenvalue weighted by Gasteiger charge is 2.42. The molecule has 0 radical (unpaired) electrons. The third-order valence-corrected chi connectivity index (χ3v) is 4.57. The number of nitrogens with zero attached hydrogens (tertiary/aromatic N) is 1. The molecule has 0 saturated carbocycles. The van der Waals surface area contributed by atoms with Crippen LogP contribution in [0.1, 0.15) is 38.5 Å². The van der Waals surface area contributed by atoms with Gasteiger partial charge in [0.1, 0.15) is 5.82 Å². The predicted molar refractivity (Wildman–Crippen MR) is 85.3 cm³/mol. The highest BCUT2D eigenvalue weighted by Crippen LogP contribution is 2.22. The van der Waals surface area contributed by atoms with E-state index in [1.165, 1.54) is 47.6 Å². The van der Waals surface area contributed by atoms with Crippen molar-refractivity contribution in [1.82, 2.24) is 0 Å². The van der Waals surface area contributed by atoms with Crippen molar-refractivity contribution < 1.29 is 19.3 Å². The molecule has 1 aliphatic heterocycles. The first kappa shape index (κ1) is 15.9. The lowest BCUT2D eigenvalue weighted by molar-refractivity contribution is -0.674. The fourth-order valence-corrected chi connectivity index (χ4v) is 3.30. The molecule has 1 aromatic carbocycles. The second-order valence-corrected chi connectivity index (χ2v) is 6.24. The van der Waals surface area contributed by atoms with Gasteiger partial charge in [0.05, 0.1) is 18.7 Å². The molecule has 2 aliphatic rings. The van der Waals surface area contributed by atoms with Gasteiger partial charge in [-0.1, -0.05) is 11.6 Å². The third-order valence-electron chi connectivity index (χ3n) is 4.57. The molecule has 5 heteroatoms. The lowest BCUT2D eigenvalue weighted by Crippen LogP contribution is -2.91. The van der Waals surface area contributed by atoms with Gasteiger partial charge >= 0.3 is 0 Å². The van der Waals surface area contributed by atoms with E-state index in [2.05, 4.69) is 6.08 Å². The van der Waals surface area contributed by atoms with Crippen molar-refractivity contribution in [2.24, 2.45) is 0 Å². The highest BCUT2D eigenvalue weighted by atomic mass is 19.1. The molecule has 1 aromatic rings. The van der Waals surface area contributed by atoms with Gasteiger partial charge in [0.25, 0.3) is 5.91 Å². The van der Waals surface area contributed by atoms with Gasteiger partial charge in [-0.25, -0.2) is 9.29 Å². The van der Waals surface area contributed by atoms with Crippen LogP contribution in [0.3, 0.4) is 0 Å². The average molecular weight is 317 g/mol. The summed E-state index contributed by atoms with van der Waals surface area (Å²) >= 11 is 0. The van der Waals surface area contributed by atoms with Gasteiger partial charge in [-0.3, -0.25) is 9.59 Å². The fraction of sp³-hybridized carbons (Fsp3) is 0.444. The third kappa shape index (κ3) is 3.67. The number of nitrogens with two attached hydrogens (primary N) is 1. The van der Waals surface area contributed by atoms with Gasteiger partial charge in [-0.2, -0.15) is 0 Å². The van der Waals surface area contributed by atoms with Gasteiger partial charge in [-0.15, -0.1) is 0 Å². The minimum atomic E-state index is -0.378. The number of quaternary nitrogens is 1. The molecule has 1 atom stereocenters. The molecule has 1 fully saturated rings. The minimum Gasteiger partial charge on any atom is -0.335 e. The van der Waals surface area contributed by atoms with Gasteiger partial charge in [-0.05, 0) is 49.9 Å². The molecule has 0 unspecified atom stereocenters. The molecular formula is C18H22FN2O2+. The average Bonchev–Trinajstić information content (AvgIpc) is 2.84. The van der Waals surface area contributed by atoms with Gasteiger partial charge in [0.15, 0.2) is 6.04 Å². The smallest absolute Gasteiger partial charge is 0.292 e. The monoisotopic (exact) mass is 317 g/mol. The van der Waals surface area contributed by atoms with Crippen LogP contribution in [0.25, 0.3) is 0 Å². The van der Waals surface area contributed by atoms with Crippen LogP contribution < -0.4 is 10.2 Å². The standard InChI is InChI=1S/C18H21FN2O2/c19-14-6-8-15(9-7-14)21-17(22)12-16(18(21)23)20-11-10-13-4-2-1-3-5-13/h4,6-9,16,20H,1-3,5,10-12H2/p+1/t16-/m1/s1. The van der Waals surface area contributed by atoms with E-state index in [4.69, 9.17) is 0 Å². The normalized spacial score (nSPS) is 21.7. The number of halogens is 1. The van der Waals surface area contributed by atoms with Gasteiger partial charge < -0.3 is 5.32 Å². The SMILES string of the molecule is O=C1C[C@@H]([NH2+]CCC2=CCCCC2)C(=O)N1c1ccc(F)cc1. The van der Waals surface area contributed by atoms with Gasteiger partial charge in [0.2, 0.25) is 5.91 Å². The minimum absolute atomic E-state index is 0.195. The Hall–Kier alpha value is -2.01. The van der Waals surface area contributed by atoms with Crippen LogP contribution in [0.5, 0.6) is 0 Å². The number of anilines is 1. The van der Waals surface area contributed by atoms with Crippen LogP contribution in [0, 0.1) is 5.82 Å². The summed E-state index contributed by atoms with van der Waals surface area (Å²) in [7, 11) is 0. The number of benzene rings is 1. The van der Waals surface area contributed by atoms with E-state index in [0.717, 1.165) is 25.8 Å². The van der Waals surface area contributed by atoms with Crippen molar-refractivity contribution in [3.8, 4) is 0 Å². The number of allylic oxidation sites excluding steroid dienone is 1. The Balaban J connectivity index is 1.57. The Morgan fingerprint density at radius 3 is 2.65 bits per heavy atom. The summed E-state index contributed by atoms with van der Waals surface area (Å²) in [4.78, 5) is 25.8. The first-order chi connectivity index (χ1) is 11.1. The Labute approximate surface area is 135 Å². The van der Waals surface area contributed by atoms with Crippen LogP contribution in [-0.2, 0) is 9.59 Å². The van der Waals surface area contributed by atoms with Crippen molar-refractivity contribution in [1.29, 1.82) is 0 Å². The predicted octanol–water partition coefficient (Wildman–Crippen LogP) is 1.91. The quantitative estimate of drug-likeness (QED) is 0.666. The van der Waals surface area contributed by atoms with Gasteiger partial charge in [0, 0.05) is 6.42 Å². The first-order valence-corrected chi connectivity index (χ1v) is 8.29. The highest BCUT2D eigenvalue weighted by molar-refractivity contribution is 6.21. The zero-order valence-electron chi connectivity index (χ0n) is 13.1. The van der Waals surface area contributed by atoms with E-state index >= 15 is 0 Å². The Morgan fingerprint density at radius 2 is 1.96 bits per heavy atom. The van der Waals surface area contributed by atoms with E-state index in [1.807, 2.05) is 5.32 Å². The van der Waals surface area contributed by atoms with Crippen LogP contribution in [0.15, 0.2) is 35.9 Å². The molecule has 0 spiro atoms. The summed E-state index contributed by atoms with van der Waals surface area (Å²) in [5.41, 5.74) is 1.92. The topological polar surface area (TPSA) is 54.0 Å². The number of amides is 2.